The average Bonchev–Trinajstić information content (AvgIpc) is 3.53. The fourth-order valence-corrected chi connectivity index (χ4v) is 5.12. The van der Waals surface area contributed by atoms with Crippen LogP contribution < -0.4 is 10.9 Å². The molecular formula is C32H28N8O2. The molecule has 4 heterocycles. The Morgan fingerprint density at radius 3 is 2.52 bits per heavy atom. The van der Waals surface area contributed by atoms with Gasteiger partial charge >= 0.3 is 0 Å². The number of nitrogens with zero attached hydrogens (tertiary/aromatic N) is 7. The Hall–Kier alpha value is -5.56. The second kappa shape index (κ2) is 10.4. The third-order valence-corrected chi connectivity index (χ3v) is 7.02. The second-order valence-electron chi connectivity index (χ2n) is 10.2. The molecule has 10 heteroatoms. The van der Waals surface area contributed by atoms with Crippen molar-refractivity contribution in [2.24, 2.45) is 7.05 Å². The van der Waals surface area contributed by atoms with E-state index >= 15 is 0 Å². The number of fused-ring (bicyclic) bond motifs is 2. The van der Waals surface area contributed by atoms with Gasteiger partial charge in [0.25, 0.3) is 11.5 Å². The van der Waals surface area contributed by atoms with Gasteiger partial charge in [-0.15, -0.1) is 0 Å². The number of rotatable bonds is 4. The third-order valence-electron chi connectivity index (χ3n) is 7.02. The van der Waals surface area contributed by atoms with Crippen LogP contribution >= 0.6 is 0 Å². The van der Waals surface area contributed by atoms with Gasteiger partial charge in [0.1, 0.15) is 11.4 Å². The maximum absolute atomic E-state index is 14.2. The molecule has 1 unspecified atom stereocenters. The van der Waals surface area contributed by atoms with Crippen LogP contribution in [0.1, 0.15) is 57.4 Å². The van der Waals surface area contributed by atoms with Gasteiger partial charge in [-0.25, -0.2) is 14.5 Å². The number of nitrogens with one attached hydrogen (secondary N) is 1. The van der Waals surface area contributed by atoms with Crippen molar-refractivity contribution in [2.45, 2.75) is 33.7 Å². The second-order valence-corrected chi connectivity index (χ2v) is 10.2. The van der Waals surface area contributed by atoms with E-state index in [0.717, 1.165) is 17.0 Å². The van der Waals surface area contributed by atoms with Gasteiger partial charge in [0.15, 0.2) is 5.65 Å². The van der Waals surface area contributed by atoms with E-state index in [0.29, 0.717) is 44.9 Å². The molecule has 0 spiro atoms. The highest BCUT2D eigenvalue weighted by Crippen LogP contribution is 2.22. The van der Waals surface area contributed by atoms with Crippen molar-refractivity contribution >= 4 is 22.5 Å². The van der Waals surface area contributed by atoms with Gasteiger partial charge in [-0.1, -0.05) is 36.1 Å². The van der Waals surface area contributed by atoms with Crippen molar-refractivity contribution in [1.29, 1.82) is 0 Å². The Morgan fingerprint density at radius 2 is 1.79 bits per heavy atom. The van der Waals surface area contributed by atoms with E-state index in [2.05, 4.69) is 32.3 Å². The number of benzene rings is 2. The van der Waals surface area contributed by atoms with Gasteiger partial charge in [-0.2, -0.15) is 10.2 Å². The van der Waals surface area contributed by atoms with Crippen molar-refractivity contribution in [3.8, 4) is 17.5 Å². The molecule has 42 heavy (non-hydrogen) atoms. The van der Waals surface area contributed by atoms with Gasteiger partial charge in [0, 0.05) is 30.2 Å². The Bertz CT molecular complexity index is 2130. The number of aryl methyl sites for hydroxylation is 4. The Labute approximate surface area is 241 Å². The molecule has 1 N–H and O–H groups in total. The summed E-state index contributed by atoms with van der Waals surface area (Å²) < 4.78 is 4.88. The van der Waals surface area contributed by atoms with Crippen LogP contribution in [0.25, 0.3) is 22.2 Å². The van der Waals surface area contributed by atoms with Crippen molar-refractivity contribution in [3.63, 3.8) is 0 Å². The fourth-order valence-electron chi connectivity index (χ4n) is 5.12. The van der Waals surface area contributed by atoms with Crippen LogP contribution in [0.2, 0.25) is 0 Å². The van der Waals surface area contributed by atoms with E-state index in [1.807, 2.05) is 76.5 Å². The first-order valence-corrected chi connectivity index (χ1v) is 13.5. The molecule has 6 rings (SSSR count). The van der Waals surface area contributed by atoms with Gasteiger partial charge < -0.3 is 5.32 Å². The Morgan fingerprint density at radius 1 is 1.00 bits per heavy atom. The summed E-state index contributed by atoms with van der Waals surface area (Å²) in [6, 6.07) is 15.9. The summed E-state index contributed by atoms with van der Waals surface area (Å²) in [5.74, 6) is 6.25. The SMILES string of the molecule is Cc1cc(C)n2nc(C)c(C(=O)NC(C)c3nc4cccc(C#Cc5cnn(C)c5)c4c(=O)n3-c3ccccc3)c2n1. The lowest BCUT2D eigenvalue weighted by molar-refractivity contribution is 0.0938. The topological polar surface area (TPSA) is 112 Å². The van der Waals surface area contributed by atoms with Gasteiger partial charge in [-0.05, 0) is 58.0 Å². The quantitative estimate of drug-likeness (QED) is 0.329. The van der Waals surface area contributed by atoms with Crippen LogP contribution in [0.4, 0.5) is 0 Å². The molecule has 208 valence electrons. The van der Waals surface area contributed by atoms with Crippen LogP contribution in [-0.2, 0) is 7.05 Å². The number of carbonyl (C=O) groups is 1. The van der Waals surface area contributed by atoms with Crippen molar-refractivity contribution in [2.75, 3.05) is 0 Å². The monoisotopic (exact) mass is 556 g/mol. The molecule has 4 aromatic heterocycles. The number of amides is 1. The van der Waals surface area contributed by atoms with Crippen molar-refractivity contribution < 1.29 is 4.79 Å². The minimum atomic E-state index is -0.639. The molecule has 1 amide bonds. The molecule has 0 bridgehead atoms. The molecule has 0 aliphatic heterocycles. The Balaban J connectivity index is 1.47. The minimum Gasteiger partial charge on any atom is -0.342 e. The molecule has 2 aromatic carbocycles. The molecule has 0 saturated carbocycles. The van der Waals surface area contributed by atoms with Crippen LogP contribution in [-0.4, -0.2) is 39.8 Å². The van der Waals surface area contributed by atoms with Gasteiger partial charge in [-0.3, -0.25) is 18.8 Å². The van der Waals surface area contributed by atoms with Crippen LogP contribution in [0.15, 0.2) is 71.8 Å². The summed E-state index contributed by atoms with van der Waals surface area (Å²) >= 11 is 0. The maximum Gasteiger partial charge on any atom is 0.267 e. The molecule has 1 atom stereocenters. The number of hydrogen-bond acceptors (Lipinski definition) is 6. The van der Waals surface area contributed by atoms with Crippen molar-refractivity contribution in [1.82, 2.24) is 39.2 Å². The van der Waals surface area contributed by atoms with Gasteiger partial charge in [0.2, 0.25) is 0 Å². The summed E-state index contributed by atoms with van der Waals surface area (Å²) in [4.78, 5) is 37.4. The van der Waals surface area contributed by atoms with E-state index in [-0.39, 0.29) is 11.5 Å². The first-order chi connectivity index (χ1) is 20.2. The zero-order valence-electron chi connectivity index (χ0n) is 23.9. The molecule has 0 aliphatic carbocycles. The predicted molar refractivity (Wildman–Crippen MR) is 160 cm³/mol. The fraction of sp³-hybridized carbons (Fsp3) is 0.188. The lowest BCUT2D eigenvalue weighted by Crippen LogP contribution is -2.33. The van der Waals surface area contributed by atoms with E-state index < -0.39 is 6.04 Å². The highest BCUT2D eigenvalue weighted by atomic mass is 16.2. The van der Waals surface area contributed by atoms with Crippen LogP contribution in [0.3, 0.4) is 0 Å². The standard InChI is InChI=1S/C32H28N8O2/c1-19-16-20(2)40-30(34-19)27(21(3)37-40)31(41)35-22(4)29-36-26-13-9-10-24(15-14-23-17-33-38(5)18-23)28(26)32(42)39(29)25-11-7-6-8-12-25/h6-13,16-18,22H,1-5H3,(H,35,41). The van der Waals surface area contributed by atoms with Crippen molar-refractivity contribution in [3.05, 3.63) is 117 Å². The van der Waals surface area contributed by atoms with E-state index in [1.54, 1.807) is 34.5 Å². The lowest BCUT2D eigenvalue weighted by atomic mass is 10.1. The molecule has 6 aromatic rings. The minimum absolute atomic E-state index is 0.279. The summed E-state index contributed by atoms with van der Waals surface area (Å²) in [5, 5.41) is 12.1. The first kappa shape index (κ1) is 26.7. The number of para-hydroxylation sites is 1. The molecular weight excluding hydrogens is 528 g/mol. The van der Waals surface area contributed by atoms with E-state index in [4.69, 9.17) is 4.98 Å². The number of carbonyl (C=O) groups excluding carboxylic acids is 1. The lowest BCUT2D eigenvalue weighted by Gasteiger charge is -2.20. The first-order valence-electron chi connectivity index (χ1n) is 13.5. The Kier molecular flexibility index (Phi) is 6.63. The zero-order chi connectivity index (χ0) is 29.5. The van der Waals surface area contributed by atoms with E-state index in [1.165, 1.54) is 4.57 Å². The molecule has 0 radical (unpaired) electrons. The smallest absolute Gasteiger partial charge is 0.267 e. The molecule has 0 fully saturated rings. The van der Waals surface area contributed by atoms with Crippen LogP contribution in [0.5, 0.6) is 0 Å². The predicted octanol–water partition coefficient (Wildman–Crippen LogP) is 3.98. The highest BCUT2D eigenvalue weighted by molar-refractivity contribution is 6.01. The summed E-state index contributed by atoms with van der Waals surface area (Å²) in [6.07, 6.45) is 3.48. The number of aromatic nitrogens is 7. The number of hydrogen-bond donors (Lipinski definition) is 1. The highest BCUT2D eigenvalue weighted by Gasteiger charge is 2.25. The van der Waals surface area contributed by atoms with Gasteiger partial charge in [0.05, 0.1) is 40.1 Å². The molecule has 10 nitrogen and oxygen atoms in total. The summed E-state index contributed by atoms with van der Waals surface area (Å²) in [6.45, 7) is 7.39. The van der Waals surface area contributed by atoms with Crippen LogP contribution in [0, 0.1) is 32.6 Å². The zero-order valence-corrected chi connectivity index (χ0v) is 23.9. The largest absolute Gasteiger partial charge is 0.342 e. The third kappa shape index (κ3) is 4.71. The molecule has 0 aliphatic rings. The normalized spacial score (nSPS) is 11.8. The van der Waals surface area contributed by atoms with E-state index in [9.17, 15) is 9.59 Å². The summed E-state index contributed by atoms with van der Waals surface area (Å²) in [5.41, 5.74) is 5.23. The average molecular weight is 557 g/mol. The molecule has 0 saturated heterocycles. The maximum atomic E-state index is 14.2. The summed E-state index contributed by atoms with van der Waals surface area (Å²) in [7, 11) is 1.82.